The smallest absolute Gasteiger partial charge is 0.229 e. The number of ether oxygens (including phenoxy) is 1. The van der Waals surface area contributed by atoms with Gasteiger partial charge in [-0.2, -0.15) is 0 Å². The fraction of sp³-hybridized carbons (Fsp3) is 0.571. The average Bonchev–Trinajstić information content (AvgIpc) is 2.31. The lowest BCUT2D eigenvalue weighted by Gasteiger charge is -2.29. The molecule has 0 radical (unpaired) electrons. The number of hydrogen-bond acceptors (Lipinski definition) is 4. The SMILES string of the molecule is Cc1cc(NC2CCOC(C)C2)ccc1NS(C)(=O)=O. The van der Waals surface area contributed by atoms with Gasteiger partial charge in [0.1, 0.15) is 0 Å². The maximum atomic E-state index is 11.3. The first kappa shape index (κ1) is 15.1. The summed E-state index contributed by atoms with van der Waals surface area (Å²) in [7, 11) is -3.23. The number of nitrogens with one attached hydrogen (secondary N) is 2. The van der Waals surface area contributed by atoms with E-state index in [4.69, 9.17) is 4.74 Å². The van der Waals surface area contributed by atoms with E-state index in [0.29, 0.717) is 11.7 Å². The molecule has 1 saturated heterocycles. The monoisotopic (exact) mass is 298 g/mol. The van der Waals surface area contributed by atoms with E-state index in [-0.39, 0.29) is 6.10 Å². The first-order valence-corrected chi connectivity index (χ1v) is 8.69. The molecular weight excluding hydrogens is 276 g/mol. The Bertz CT molecular complexity index is 572. The van der Waals surface area contributed by atoms with Crippen molar-refractivity contribution in [3.05, 3.63) is 23.8 Å². The summed E-state index contributed by atoms with van der Waals surface area (Å²) in [5.41, 5.74) is 2.54. The molecule has 1 aliphatic heterocycles. The molecule has 6 heteroatoms. The van der Waals surface area contributed by atoms with E-state index in [1.165, 1.54) is 0 Å². The van der Waals surface area contributed by atoms with Crippen LogP contribution in [0.2, 0.25) is 0 Å². The van der Waals surface area contributed by atoms with E-state index in [1.807, 2.05) is 19.1 Å². The van der Waals surface area contributed by atoms with E-state index < -0.39 is 10.0 Å². The summed E-state index contributed by atoms with van der Waals surface area (Å²) in [6.07, 6.45) is 3.42. The van der Waals surface area contributed by atoms with Crippen LogP contribution < -0.4 is 10.0 Å². The summed E-state index contributed by atoms with van der Waals surface area (Å²) in [6, 6.07) is 6.07. The van der Waals surface area contributed by atoms with Crippen LogP contribution in [0.4, 0.5) is 11.4 Å². The molecule has 0 spiro atoms. The Hall–Kier alpha value is -1.27. The van der Waals surface area contributed by atoms with Crippen molar-refractivity contribution in [3.8, 4) is 0 Å². The van der Waals surface area contributed by atoms with Crippen LogP contribution in [-0.2, 0) is 14.8 Å². The van der Waals surface area contributed by atoms with Crippen molar-refractivity contribution in [2.45, 2.75) is 38.8 Å². The molecular formula is C14H22N2O3S. The number of hydrogen-bond donors (Lipinski definition) is 2. The molecule has 0 amide bonds. The van der Waals surface area contributed by atoms with Gasteiger partial charge < -0.3 is 10.1 Å². The maximum Gasteiger partial charge on any atom is 0.229 e. The van der Waals surface area contributed by atoms with Crippen LogP contribution in [0.5, 0.6) is 0 Å². The Morgan fingerprint density at radius 1 is 1.35 bits per heavy atom. The lowest BCUT2D eigenvalue weighted by molar-refractivity contribution is 0.0232. The van der Waals surface area contributed by atoms with Gasteiger partial charge in [-0.25, -0.2) is 8.42 Å². The van der Waals surface area contributed by atoms with Gasteiger partial charge in [-0.3, -0.25) is 4.72 Å². The third kappa shape index (κ3) is 4.38. The van der Waals surface area contributed by atoms with Gasteiger partial charge in [0.15, 0.2) is 0 Å². The zero-order valence-corrected chi connectivity index (χ0v) is 13.0. The van der Waals surface area contributed by atoms with Crippen molar-refractivity contribution in [1.29, 1.82) is 0 Å². The number of sulfonamides is 1. The van der Waals surface area contributed by atoms with Crippen molar-refractivity contribution < 1.29 is 13.2 Å². The largest absolute Gasteiger partial charge is 0.382 e. The van der Waals surface area contributed by atoms with E-state index in [0.717, 1.165) is 37.0 Å². The zero-order valence-electron chi connectivity index (χ0n) is 12.1. The summed E-state index contributed by atoms with van der Waals surface area (Å²) in [4.78, 5) is 0. The number of benzene rings is 1. The summed E-state index contributed by atoms with van der Waals surface area (Å²) in [5.74, 6) is 0. The summed E-state index contributed by atoms with van der Waals surface area (Å²) in [5, 5.41) is 3.48. The Labute approximate surface area is 120 Å². The summed E-state index contributed by atoms with van der Waals surface area (Å²) < 4.78 is 30.5. The molecule has 1 aromatic rings. The van der Waals surface area contributed by atoms with Gasteiger partial charge in [0.2, 0.25) is 10.0 Å². The lowest BCUT2D eigenvalue weighted by Crippen LogP contribution is -2.32. The van der Waals surface area contributed by atoms with Crippen molar-refractivity contribution in [2.24, 2.45) is 0 Å². The third-order valence-electron chi connectivity index (χ3n) is 3.38. The first-order chi connectivity index (χ1) is 9.33. The predicted octanol–water partition coefficient (Wildman–Crippen LogP) is 2.35. The van der Waals surface area contributed by atoms with Crippen LogP contribution >= 0.6 is 0 Å². The Morgan fingerprint density at radius 2 is 2.10 bits per heavy atom. The molecule has 1 aromatic carbocycles. The molecule has 1 fully saturated rings. The van der Waals surface area contributed by atoms with Gasteiger partial charge in [-0.05, 0) is 50.5 Å². The summed E-state index contributed by atoms with van der Waals surface area (Å²) in [6.45, 7) is 4.76. The Kier molecular flexibility index (Phi) is 4.55. The van der Waals surface area contributed by atoms with Crippen molar-refractivity contribution >= 4 is 21.4 Å². The molecule has 2 atom stereocenters. The molecule has 0 aromatic heterocycles. The average molecular weight is 298 g/mol. The van der Waals surface area contributed by atoms with Crippen LogP contribution in [0, 0.1) is 6.92 Å². The van der Waals surface area contributed by atoms with Crippen molar-refractivity contribution in [1.82, 2.24) is 0 Å². The predicted molar refractivity (Wildman–Crippen MR) is 81.7 cm³/mol. The molecule has 2 N–H and O–H groups in total. The van der Waals surface area contributed by atoms with Gasteiger partial charge >= 0.3 is 0 Å². The minimum atomic E-state index is -3.23. The van der Waals surface area contributed by atoms with Gasteiger partial charge in [0.25, 0.3) is 0 Å². The van der Waals surface area contributed by atoms with E-state index in [2.05, 4.69) is 17.0 Å². The highest BCUT2D eigenvalue weighted by Gasteiger charge is 2.19. The second kappa shape index (κ2) is 6.01. The highest BCUT2D eigenvalue weighted by molar-refractivity contribution is 7.92. The zero-order chi connectivity index (χ0) is 14.8. The molecule has 1 heterocycles. The van der Waals surface area contributed by atoms with Crippen LogP contribution in [0.15, 0.2) is 18.2 Å². The molecule has 2 rings (SSSR count). The second-order valence-electron chi connectivity index (χ2n) is 5.45. The topological polar surface area (TPSA) is 67.4 Å². The van der Waals surface area contributed by atoms with E-state index in [9.17, 15) is 8.42 Å². The normalized spacial score (nSPS) is 23.4. The minimum absolute atomic E-state index is 0.286. The number of rotatable bonds is 4. The standard InChI is InChI=1S/C14H22N2O3S/c1-10-8-12(4-5-14(10)16-20(3,17)18)15-13-6-7-19-11(2)9-13/h4-5,8,11,13,15-16H,6-7,9H2,1-3H3. The molecule has 112 valence electrons. The van der Waals surface area contributed by atoms with Gasteiger partial charge in [-0.15, -0.1) is 0 Å². The molecule has 0 saturated carbocycles. The van der Waals surface area contributed by atoms with Crippen LogP contribution in [0.25, 0.3) is 0 Å². The van der Waals surface area contributed by atoms with Gasteiger partial charge in [-0.1, -0.05) is 0 Å². The summed E-state index contributed by atoms with van der Waals surface area (Å²) >= 11 is 0. The van der Waals surface area contributed by atoms with Crippen LogP contribution in [0.3, 0.4) is 0 Å². The van der Waals surface area contributed by atoms with Gasteiger partial charge in [0, 0.05) is 18.3 Å². The highest BCUT2D eigenvalue weighted by Crippen LogP contribution is 2.23. The molecule has 20 heavy (non-hydrogen) atoms. The minimum Gasteiger partial charge on any atom is -0.382 e. The third-order valence-corrected chi connectivity index (χ3v) is 3.97. The lowest BCUT2D eigenvalue weighted by atomic mass is 10.0. The maximum absolute atomic E-state index is 11.3. The highest BCUT2D eigenvalue weighted by atomic mass is 32.2. The van der Waals surface area contributed by atoms with E-state index >= 15 is 0 Å². The fourth-order valence-electron chi connectivity index (χ4n) is 2.43. The number of anilines is 2. The molecule has 1 aliphatic rings. The van der Waals surface area contributed by atoms with Gasteiger partial charge in [0.05, 0.1) is 18.0 Å². The van der Waals surface area contributed by atoms with Crippen molar-refractivity contribution in [2.75, 3.05) is 22.9 Å². The molecule has 0 aliphatic carbocycles. The van der Waals surface area contributed by atoms with E-state index in [1.54, 1.807) is 6.07 Å². The Morgan fingerprint density at radius 3 is 2.70 bits per heavy atom. The quantitative estimate of drug-likeness (QED) is 0.895. The molecule has 0 bridgehead atoms. The first-order valence-electron chi connectivity index (χ1n) is 6.80. The van der Waals surface area contributed by atoms with Crippen LogP contribution in [0.1, 0.15) is 25.3 Å². The van der Waals surface area contributed by atoms with Crippen LogP contribution in [-0.4, -0.2) is 33.4 Å². The molecule has 2 unspecified atom stereocenters. The number of aryl methyl sites for hydroxylation is 1. The van der Waals surface area contributed by atoms with Crippen molar-refractivity contribution in [3.63, 3.8) is 0 Å². The second-order valence-corrected chi connectivity index (χ2v) is 7.20. The fourth-order valence-corrected chi connectivity index (χ4v) is 3.06. The Balaban J connectivity index is 2.05. The molecule has 5 nitrogen and oxygen atoms in total.